The van der Waals surface area contributed by atoms with E-state index in [0.29, 0.717) is 16.7 Å². The summed E-state index contributed by atoms with van der Waals surface area (Å²) in [6, 6.07) is 12.8. The van der Waals surface area contributed by atoms with Gasteiger partial charge in [-0.2, -0.15) is 0 Å². The molecule has 2 aromatic heterocycles. The summed E-state index contributed by atoms with van der Waals surface area (Å²) in [5.41, 5.74) is 1.43. The van der Waals surface area contributed by atoms with Crippen LogP contribution in [0.4, 0.5) is 0 Å². The second kappa shape index (κ2) is 6.32. The summed E-state index contributed by atoms with van der Waals surface area (Å²) >= 11 is 1.23. The minimum Gasteiger partial charge on any atom is -0.411 e. The number of carbonyl (C=O) groups excluding carboxylic acids is 1. The summed E-state index contributed by atoms with van der Waals surface area (Å²) in [5.74, 6) is 0.693. The Morgan fingerprint density at radius 1 is 1.10 bits per heavy atom. The summed E-state index contributed by atoms with van der Waals surface area (Å²) in [6.45, 7) is 0. The standard InChI is InChI=1S/C15H11N3O2S/c19-13(11-5-2-1-3-6-11)10-21-15-18-17-14(20-15)12-7-4-8-16-9-12/h1-9H,10H2. The average Bonchev–Trinajstić information content (AvgIpc) is 3.03. The highest BCUT2D eigenvalue weighted by molar-refractivity contribution is 7.99. The molecule has 5 nitrogen and oxygen atoms in total. The monoisotopic (exact) mass is 297 g/mol. The van der Waals surface area contributed by atoms with Crippen LogP contribution in [-0.2, 0) is 0 Å². The van der Waals surface area contributed by atoms with E-state index in [0.717, 1.165) is 5.56 Å². The molecule has 0 aliphatic heterocycles. The van der Waals surface area contributed by atoms with E-state index in [1.54, 1.807) is 30.6 Å². The number of thioether (sulfide) groups is 1. The molecule has 0 spiro atoms. The minimum atomic E-state index is 0.0294. The van der Waals surface area contributed by atoms with Gasteiger partial charge in [0.2, 0.25) is 5.89 Å². The van der Waals surface area contributed by atoms with Crippen molar-refractivity contribution < 1.29 is 9.21 Å². The number of rotatable bonds is 5. The zero-order chi connectivity index (χ0) is 14.5. The van der Waals surface area contributed by atoms with Crippen LogP contribution in [0.3, 0.4) is 0 Å². The van der Waals surface area contributed by atoms with E-state index in [1.807, 2.05) is 24.3 Å². The lowest BCUT2D eigenvalue weighted by molar-refractivity contribution is 0.102. The molecule has 3 rings (SSSR count). The van der Waals surface area contributed by atoms with Gasteiger partial charge in [-0.3, -0.25) is 9.78 Å². The number of ketones is 1. The SMILES string of the molecule is O=C(CSc1nnc(-c2cccnc2)o1)c1ccccc1. The van der Waals surface area contributed by atoms with E-state index in [-0.39, 0.29) is 11.5 Å². The molecule has 0 aliphatic rings. The first-order valence-electron chi connectivity index (χ1n) is 6.28. The van der Waals surface area contributed by atoms with Gasteiger partial charge in [-0.15, -0.1) is 10.2 Å². The van der Waals surface area contributed by atoms with Crippen LogP contribution in [0.25, 0.3) is 11.5 Å². The van der Waals surface area contributed by atoms with Crippen LogP contribution < -0.4 is 0 Å². The van der Waals surface area contributed by atoms with Crippen molar-refractivity contribution in [1.29, 1.82) is 0 Å². The topological polar surface area (TPSA) is 68.9 Å². The van der Waals surface area contributed by atoms with Gasteiger partial charge in [0.15, 0.2) is 5.78 Å². The maximum Gasteiger partial charge on any atom is 0.277 e. The lowest BCUT2D eigenvalue weighted by atomic mass is 10.2. The Balaban J connectivity index is 1.64. The summed E-state index contributed by atoms with van der Waals surface area (Å²) in [5, 5.41) is 8.25. The van der Waals surface area contributed by atoms with Gasteiger partial charge >= 0.3 is 0 Å². The molecule has 1 aromatic carbocycles. The van der Waals surface area contributed by atoms with E-state index in [4.69, 9.17) is 4.42 Å². The fraction of sp³-hybridized carbons (Fsp3) is 0.0667. The van der Waals surface area contributed by atoms with E-state index in [9.17, 15) is 4.79 Å². The van der Waals surface area contributed by atoms with Crippen LogP contribution >= 0.6 is 11.8 Å². The van der Waals surface area contributed by atoms with Gasteiger partial charge in [0, 0.05) is 18.0 Å². The lowest BCUT2D eigenvalue weighted by Crippen LogP contribution is -2.01. The predicted octanol–water partition coefficient (Wildman–Crippen LogP) is 3.11. The molecule has 0 fully saturated rings. The second-order valence-corrected chi connectivity index (χ2v) is 5.12. The van der Waals surface area contributed by atoms with E-state index in [1.165, 1.54) is 11.8 Å². The van der Waals surface area contributed by atoms with Crippen LogP contribution in [0.15, 0.2) is 64.5 Å². The lowest BCUT2D eigenvalue weighted by Gasteiger charge is -1.97. The third-order valence-electron chi connectivity index (χ3n) is 2.74. The summed E-state index contributed by atoms with van der Waals surface area (Å²) in [7, 11) is 0. The molecule has 0 atom stereocenters. The Bertz CT molecular complexity index is 729. The molecule has 0 saturated carbocycles. The van der Waals surface area contributed by atoms with Crippen molar-refractivity contribution in [2.45, 2.75) is 5.22 Å². The van der Waals surface area contributed by atoms with Crippen molar-refractivity contribution in [2.24, 2.45) is 0 Å². The van der Waals surface area contributed by atoms with Gasteiger partial charge in [-0.25, -0.2) is 0 Å². The normalized spacial score (nSPS) is 10.5. The average molecular weight is 297 g/mol. The van der Waals surface area contributed by atoms with Crippen molar-refractivity contribution >= 4 is 17.5 Å². The Labute approximate surface area is 125 Å². The Morgan fingerprint density at radius 2 is 1.95 bits per heavy atom. The maximum atomic E-state index is 12.0. The van der Waals surface area contributed by atoms with Crippen LogP contribution in [0.1, 0.15) is 10.4 Å². The number of nitrogens with zero attached hydrogens (tertiary/aromatic N) is 3. The van der Waals surface area contributed by atoms with Gasteiger partial charge in [-0.05, 0) is 12.1 Å². The molecule has 0 N–H and O–H groups in total. The number of carbonyl (C=O) groups is 1. The van der Waals surface area contributed by atoms with Crippen molar-refractivity contribution in [3.8, 4) is 11.5 Å². The van der Waals surface area contributed by atoms with Crippen LogP contribution in [0.5, 0.6) is 0 Å². The van der Waals surface area contributed by atoms with Crippen LogP contribution in [0, 0.1) is 0 Å². The molecule has 0 bridgehead atoms. The van der Waals surface area contributed by atoms with Crippen molar-refractivity contribution in [2.75, 3.05) is 5.75 Å². The first-order chi connectivity index (χ1) is 10.3. The molecule has 21 heavy (non-hydrogen) atoms. The van der Waals surface area contributed by atoms with Crippen molar-refractivity contribution in [1.82, 2.24) is 15.2 Å². The molecule has 104 valence electrons. The first kappa shape index (κ1) is 13.5. The highest BCUT2D eigenvalue weighted by Crippen LogP contribution is 2.23. The number of pyridine rings is 1. The molecular formula is C15H11N3O2S. The summed E-state index contributed by atoms with van der Waals surface area (Å²) < 4.78 is 5.50. The van der Waals surface area contributed by atoms with Gasteiger partial charge in [0.25, 0.3) is 5.22 Å². The molecule has 0 unspecified atom stereocenters. The summed E-state index contributed by atoms with van der Waals surface area (Å²) in [6.07, 6.45) is 3.32. The molecular weight excluding hydrogens is 286 g/mol. The van der Waals surface area contributed by atoms with E-state index >= 15 is 0 Å². The number of aromatic nitrogens is 3. The zero-order valence-corrected chi connectivity index (χ0v) is 11.8. The van der Waals surface area contributed by atoms with Gasteiger partial charge < -0.3 is 4.42 Å². The minimum absolute atomic E-state index is 0.0294. The summed E-state index contributed by atoms with van der Waals surface area (Å²) in [4.78, 5) is 16.0. The molecule has 0 radical (unpaired) electrons. The van der Waals surface area contributed by atoms with E-state index < -0.39 is 0 Å². The van der Waals surface area contributed by atoms with Gasteiger partial charge in [-0.1, -0.05) is 42.1 Å². The molecule has 0 amide bonds. The smallest absolute Gasteiger partial charge is 0.277 e. The fourth-order valence-electron chi connectivity index (χ4n) is 1.71. The zero-order valence-electron chi connectivity index (χ0n) is 11.0. The van der Waals surface area contributed by atoms with Gasteiger partial charge in [0.05, 0.1) is 11.3 Å². The highest BCUT2D eigenvalue weighted by Gasteiger charge is 2.12. The number of benzene rings is 1. The number of hydrogen-bond donors (Lipinski definition) is 0. The number of Topliss-reactive ketones (excluding diaryl/α,β-unsaturated/α-hetero) is 1. The van der Waals surface area contributed by atoms with Gasteiger partial charge in [0.1, 0.15) is 0 Å². The molecule has 0 saturated heterocycles. The molecule has 6 heteroatoms. The quantitative estimate of drug-likeness (QED) is 0.532. The fourth-order valence-corrected chi connectivity index (χ4v) is 2.37. The Morgan fingerprint density at radius 3 is 2.71 bits per heavy atom. The molecule has 2 heterocycles. The number of hydrogen-bond acceptors (Lipinski definition) is 6. The predicted molar refractivity (Wildman–Crippen MR) is 79.0 cm³/mol. The Kier molecular flexibility index (Phi) is 4.07. The van der Waals surface area contributed by atoms with Crippen LogP contribution in [0.2, 0.25) is 0 Å². The Hall–Kier alpha value is -2.47. The second-order valence-electron chi connectivity index (χ2n) is 4.19. The third-order valence-corrected chi connectivity index (χ3v) is 3.56. The molecule has 3 aromatic rings. The third kappa shape index (κ3) is 3.35. The van der Waals surface area contributed by atoms with Crippen molar-refractivity contribution in [3.05, 3.63) is 60.4 Å². The van der Waals surface area contributed by atoms with Crippen LogP contribution in [-0.4, -0.2) is 26.7 Å². The molecule has 0 aliphatic carbocycles. The van der Waals surface area contributed by atoms with E-state index in [2.05, 4.69) is 15.2 Å². The van der Waals surface area contributed by atoms with Crippen molar-refractivity contribution in [3.63, 3.8) is 0 Å². The first-order valence-corrected chi connectivity index (χ1v) is 7.26. The largest absolute Gasteiger partial charge is 0.411 e. The maximum absolute atomic E-state index is 12.0. The highest BCUT2D eigenvalue weighted by atomic mass is 32.2.